The number of amides is 2. The topological polar surface area (TPSA) is 134 Å². The Bertz CT molecular complexity index is 1700. The Labute approximate surface area is 257 Å². The van der Waals surface area contributed by atoms with Crippen molar-refractivity contribution in [2.75, 3.05) is 5.32 Å². The fourth-order valence-corrected chi connectivity index (χ4v) is 5.57. The maximum Gasteiger partial charge on any atom is 0.339 e. The largest absolute Gasteiger partial charge is 0.457 e. The second kappa shape index (κ2) is 13.0. The van der Waals surface area contributed by atoms with Gasteiger partial charge in [-0.1, -0.05) is 74.9 Å². The van der Waals surface area contributed by atoms with Gasteiger partial charge in [0.15, 0.2) is 0 Å². The van der Waals surface area contributed by atoms with Gasteiger partial charge in [0.2, 0.25) is 0 Å². The van der Waals surface area contributed by atoms with E-state index in [4.69, 9.17) is 15.9 Å². The van der Waals surface area contributed by atoms with Crippen molar-refractivity contribution >= 4 is 29.3 Å². The number of benzene rings is 4. The molecular formula is C36H36N4O4. The van der Waals surface area contributed by atoms with E-state index < -0.39 is 5.97 Å². The Kier molecular flexibility index (Phi) is 8.90. The highest BCUT2D eigenvalue weighted by atomic mass is 16.5. The number of hydrogen-bond acceptors (Lipinski definition) is 5. The summed E-state index contributed by atoms with van der Waals surface area (Å²) >= 11 is 0. The van der Waals surface area contributed by atoms with Crippen molar-refractivity contribution < 1.29 is 19.1 Å². The molecular weight excluding hydrogens is 552 g/mol. The molecule has 8 nitrogen and oxygen atoms in total. The normalized spacial score (nSPS) is 15.3. The quantitative estimate of drug-likeness (QED) is 0.0999. The van der Waals surface area contributed by atoms with E-state index in [1.165, 1.54) is 0 Å². The van der Waals surface area contributed by atoms with E-state index >= 15 is 0 Å². The minimum Gasteiger partial charge on any atom is -0.457 e. The molecule has 4 aromatic rings. The summed E-state index contributed by atoms with van der Waals surface area (Å²) in [7, 11) is 0. The Balaban J connectivity index is 1.48. The molecule has 44 heavy (non-hydrogen) atoms. The molecule has 0 saturated heterocycles. The summed E-state index contributed by atoms with van der Waals surface area (Å²) in [4.78, 5) is 40.5. The van der Waals surface area contributed by atoms with Gasteiger partial charge < -0.3 is 21.1 Å². The number of amidine groups is 1. The molecule has 4 aromatic carbocycles. The van der Waals surface area contributed by atoms with Gasteiger partial charge in [0.05, 0.1) is 5.56 Å². The van der Waals surface area contributed by atoms with Crippen LogP contribution in [0.4, 0.5) is 5.69 Å². The summed E-state index contributed by atoms with van der Waals surface area (Å²) < 4.78 is 5.71. The fourth-order valence-electron chi connectivity index (χ4n) is 5.57. The second-order valence-corrected chi connectivity index (χ2v) is 11.7. The lowest BCUT2D eigenvalue weighted by molar-refractivity contribution is 0.0473. The van der Waals surface area contributed by atoms with Crippen molar-refractivity contribution in [2.45, 2.75) is 45.8 Å². The van der Waals surface area contributed by atoms with E-state index in [1.807, 2.05) is 30.3 Å². The summed E-state index contributed by atoms with van der Waals surface area (Å²) in [6, 6.07) is 27.9. The van der Waals surface area contributed by atoms with Crippen LogP contribution in [0, 0.1) is 10.8 Å². The number of carbonyl (C=O) groups is 3. The number of rotatable bonds is 9. The van der Waals surface area contributed by atoms with Crippen LogP contribution in [-0.2, 0) is 11.3 Å². The molecule has 1 aliphatic carbocycles. The SMILES string of the molecule is CC1(C)CCC[C@H]1NC(=O)c1ccc(-c2ccccc2C(=O)Nc2ccc(C(=N)N)cc2)c(C(=O)OCc2ccccc2)c1. The molecule has 5 N–H and O–H groups in total. The van der Waals surface area contributed by atoms with Crippen LogP contribution in [0.1, 0.15) is 75.3 Å². The number of esters is 1. The molecule has 0 unspecified atom stereocenters. The molecule has 2 amide bonds. The van der Waals surface area contributed by atoms with E-state index in [2.05, 4.69) is 24.5 Å². The van der Waals surface area contributed by atoms with Crippen LogP contribution in [0.25, 0.3) is 11.1 Å². The van der Waals surface area contributed by atoms with Crippen LogP contribution < -0.4 is 16.4 Å². The first-order valence-electron chi connectivity index (χ1n) is 14.6. The predicted octanol–water partition coefficient (Wildman–Crippen LogP) is 6.56. The van der Waals surface area contributed by atoms with E-state index in [0.29, 0.717) is 33.5 Å². The monoisotopic (exact) mass is 588 g/mol. The molecule has 1 aliphatic rings. The van der Waals surface area contributed by atoms with Crippen LogP contribution in [0.5, 0.6) is 0 Å². The van der Waals surface area contributed by atoms with Gasteiger partial charge in [-0.25, -0.2) is 4.79 Å². The highest BCUT2D eigenvalue weighted by Crippen LogP contribution is 2.37. The minimum absolute atomic E-state index is 0.00820. The van der Waals surface area contributed by atoms with E-state index in [-0.39, 0.29) is 41.3 Å². The summed E-state index contributed by atoms with van der Waals surface area (Å²) in [6.45, 7) is 4.37. The zero-order chi connectivity index (χ0) is 31.3. The predicted molar refractivity (Wildman–Crippen MR) is 172 cm³/mol. The van der Waals surface area contributed by atoms with Crippen molar-refractivity contribution in [2.24, 2.45) is 11.1 Å². The number of nitrogen functional groups attached to an aromatic ring is 1. The Morgan fingerprint density at radius 3 is 2.18 bits per heavy atom. The summed E-state index contributed by atoms with van der Waals surface area (Å²) in [5.41, 5.74) is 9.29. The average molecular weight is 589 g/mol. The van der Waals surface area contributed by atoms with Crippen molar-refractivity contribution in [1.29, 1.82) is 5.41 Å². The van der Waals surface area contributed by atoms with Gasteiger partial charge >= 0.3 is 5.97 Å². The van der Waals surface area contributed by atoms with Gasteiger partial charge in [0, 0.05) is 28.4 Å². The van der Waals surface area contributed by atoms with Crippen LogP contribution in [0.15, 0.2) is 97.1 Å². The third-order valence-corrected chi connectivity index (χ3v) is 8.19. The molecule has 1 atom stereocenters. The average Bonchev–Trinajstić information content (AvgIpc) is 3.37. The molecule has 8 heteroatoms. The summed E-state index contributed by atoms with van der Waals surface area (Å²) in [6.07, 6.45) is 2.99. The van der Waals surface area contributed by atoms with Crippen LogP contribution in [0.2, 0.25) is 0 Å². The number of ether oxygens (including phenoxy) is 1. The zero-order valence-corrected chi connectivity index (χ0v) is 24.9. The molecule has 1 saturated carbocycles. The first kappa shape index (κ1) is 30.2. The third kappa shape index (κ3) is 6.86. The number of anilines is 1. The molecule has 224 valence electrons. The fraction of sp³-hybridized carbons (Fsp3) is 0.222. The van der Waals surface area contributed by atoms with Gasteiger partial charge in [-0.15, -0.1) is 0 Å². The lowest BCUT2D eigenvalue weighted by atomic mass is 9.87. The van der Waals surface area contributed by atoms with Gasteiger partial charge in [0.25, 0.3) is 11.8 Å². The van der Waals surface area contributed by atoms with Crippen molar-refractivity contribution in [3.05, 3.63) is 125 Å². The number of nitrogens with one attached hydrogen (secondary N) is 3. The van der Waals surface area contributed by atoms with Gasteiger partial charge in [-0.2, -0.15) is 0 Å². The van der Waals surface area contributed by atoms with Crippen molar-refractivity contribution in [3.63, 3.8) is 0 Å². The molecule has 5 rings (SSSR count). The Morgan fingerprint density at radius 2 is 1.50 bits per heavy atom. The first-order valence-corrected chi connectivity index (χ1v) is 14.6. The van der Waals surface area contributed by atoms with Crippen LogP contribution in [0.3, 0.4) is 0 Å². The van der Waals surface area contributed by atoms with Crippen molar-refractivity contribution in [1.82, 2.24) is 5.32 Å². The van der Waals surface area contributed by atoms with E-state index in [1.54, 1.807) is 66.7 Å². The van der Waals surface area contributed by atoms with Crippen molar-refractivity contribution in [3.8, 4) is 11.1 Å². The molecule has 1 fully saturated rings. The minimum atomic E-state index is -0.602. The molecule has 0 aromatic heterocycles. The van der Waals surface area contributed by atoms with E-state index in [0.717, 1.165) is 24.8 Å². The van der Waals surface area contributed by atoms with Gasteiger partial charge in [-0.05, 0) is 77.4 Å². The summed E-state index contributed by atoms with van der Waals surface area (Å²) in [5.74, 6) is -1.31. The lowest BCUT2D eigenvalue weighted by Crippen LogP contribution is -2.41. The highest BCUT2D eigenvalue weighted by Gasteiger charge is 2.35. The standard InChI is InChI=1S/C36H36N4O4/c1-36(2)20-8-13-31(36)40-33(41)25-16-19-28(30(21-25)35(43)44-22-23-9-4-3-5-10-23)27-11-6-7-12-29(27)34(42)39-26-17-14-24(15-18-26)32(37)38/h3-7,9-12,14-19,21,31H,8,13,20,22H2,1-2H3,(H3,37,38)(H,39,42)(H,40,41)/t31-/m1/s1. The third-order valence-electron chi connectivity index (χ3n) is 8.19. The molecule has 0 heterocycles. The molecule has 0 aliphatic heterocycles. The zero-order valence-electron chi connectivity index (χ0n) is 24.9. The lowest BCUT2D eigenvalue weighted by Gasteiger charge is -2.28. The molecule has 0 bridgehead atoms. The van der Waals surface area contributed by atoms with Crippen LogP contribution in [-0.4, -0.2) is 29.7 Å². The van der Waals surface area contributed by atoms with Gasteiger partial charge in [-0.3, -0.25) is 15.0 Å². The molecule has 0 spiro atoms. The highest BCUT2D eigenvalue weighted by molar-refractivity contribution is 6.11. The Morgan fingerprint density at radius 1 is 0.841 bits per heavy atom. The number of nitrogens with two attached hydrogens (primary N) is 1. The number of hydrogen-bond donors (Lipinski definition) is 4. The van der Waals surface area contributed by atoms with E-state index in [9.17, 15) is 14.4 Å². The summed E-state index contributed by atoms with van der Waals surface area (Å²) in [5, 5.41) is 13.6. The second-order valence-electron chi connectivity index (χ2n) is 11.7. The maximum atomic E-state index is 13.6. The number of carbonyl (C=O) groups excluding carboxylic acids is 3. The molecule has 0 radical (unpaired) electrons. The Hall–Kier alpha value is -5.24. The van der Waals surface area contributed by atoms with Gasteiger partial charge in [0.1, 0.15) is 12.4 Å². The smallest absolute Gasteiger partial charge is 0.339 e. The van der Waals surface area contributed by atoms with Crippen LogP contribution >= 0.6 is 0 Å². The first-order chi connectivity index (χ1) is 21.1. The maximum absolute atomic E-state index is 13.6.